The Morgan fingerprint density at radius 2 is 1.90 bits per heavy atom. The number of rotatable bonds is 10. The Labute approximate surface area is 233 Å². The fraction of sp³-hybridized carbons (Fsp3) is 0.467. The number of aryl methyl sites for hydroxylation is 1. The molecule has 40 heavy (non-hydrogen) atoms. The highest BCUT2D eigenvalue weighted by molar-refractivity contribution is 5.78. The molecule has 3 heterocycles. The van der Waals surface area contributed by atoms with Gasteiger partial charge in [0.25, 0.3) is 0 Å². The number of aromatic amines is 1. The lowest BCUT2D eigenvalue weighted by Crippen LogP contribution is -2.37. The Bertz CT molecular complexity index is 1470. The fourth-order valence-corrected chi connectivity index (χ4v) is 6.10. The number of H-pyrrole nitrogens is 1. The molecular weight excluding hydrogens is 506 g/mol. The maximum Gasteiger partial charge on any atom is 0.328 e. The lowest BCUT2D eigenvalue weighted by molar-refractivity contribution is -0.144. The van der Waals surface area contributed by atoms with Crippen LogP contribution in [0.15, 0.2) is 53.6 Å². The third-order valence-electron chi connectivity index (χ3n) is 8.23. The number of hydrogen-bond donors (Lipinski definition) is 2. The first-order valence-electron chi connectivity index (χ1n) is 14.3. The number of tetrazole rings is 1. The minimum Gasteiger partial charge on any atom is -0.481 e. The van der Waals surface area contributed by atoms with Gasteiger partial charge in [0, 0.05) is 29.2 Å². The second-order valence-corrected chi connectivity index (χ2v) is 10.7. The maximum absolute atomic E-state index is 14.0. The van der Waals surface area contributed by atoms with Gasteiger partial charge in [-0.15, -0.1) is 10.2 Å². The van der Waals surface area contributed by atoms with Gasteiger partial charge in [-0.25, -0.2) is 4.79 Å². The van der Waals surface area contributed by atoms with Crippen molar-refractivity contribution in [1.82, 2.24) is 34.7 Å². The zero-order valence-corrected chi connectivity index (χ0v) is 23.2. The summed E-state index contributed by atoms with van der Waals surface area (Å²) in [5.41, 5.74) is 4.21. The van der Waals surface area contributed by atoms with Crippen LogP contribution in [0.1, 0.15) is 76.1 Å². The standard InChI is InChI=1S/C30H37N7O3/c1-3-5-11-22-19-37(27-21(4-2)10-6-7-14-25(27)29(38)39)30(40)36(22)18-20-15-16-26(31-17-20)23-12-8-9-13-24(23)28-32-34-35-33-28/h8-9,12-13,15-17,19,21,25,27H,3-7,10-11,14,18H2,1-2H3,(H,38,39)(H,32,33,34,35). The first-order valence-corrected chi connectivity index (χ1v) is 14.3. The Morgan fingerprint density at radius 1 is 1.10 bits per heavy atom. The van der Waals surface area contributed by atoms with Crippen LogP contribution in [-0.4, -0.2) is 45.8 Å². The number of carbonyl (C=O) groups is 1. The van der Waals surface area contributed by atoms with E-state index in [1.54, 1.807) is 10.8 Å². The molecule has 3 atom stereocenters. The zero-order valence-electron chi connectivity index (χ0n) is 23.2. The summed E-state index contributed by atoms with van der Waals surface area (Å²) < 4.78 is 3.57. The van der Waals surface area contributed by atoms with Gasteiger partial charge in [-0.3, -0.25) is 18.9 Å². The van der Waals surface area contributed by atoms with E-state index in [0.717, 1.165) is 73.0 Å². The normalized spacial score (nSPS) is 19.4. The number of aliphatic carboxylic acids is 1. The molecule has 0 bridgehead atoms. The summed E-state index contributed by atoms with van der Waals surface area (Å²) >= 11 is 0. The number of pyridine rings is 1. The van der Waals surface area contributed by atoms with Crippen molar-refractivity contribution in [2.24, 2.45) is 11.8 Å². The predicted molar refractivity (Wildman–Crippen MR) is 152 cm³/mol. The molecule has 5 rings (SSSR count). The fourth-order valence-electron chi connectivity index (χ4n) is 6.10. The molecule has 10 heteroatoms. The molecule has 210 valence electrons. The number of benzene rings is 1. The molecule has 3 aromatic heterocycles. The number of nitrogens with one attached hydrogen (secondary N) is 1. The number of carboxylic acid groups (broad SMARTS) is 1. The van der Waals surface area contributed by atoms with Crippen LogP contribution in [0.2, 0.25) is 0 Å². The number of hydrogen-bond acceptors (Lipinski definition) is 6. The molecular formula is C30H37N7O3. The van der Waals surface area contributed by atoms with Crippen LogP contribution < -0.4 is 5.69 Å². The van der Waals surface area contributed by atoms with Gasteiger partial charge < -0.3 is 5.11 Å². The summed E-state index contributed by atoms with van der Waals surface area (Å²) in [5.74, 6) is -0.698. The van der Waals surface area contributed by atoms with Crippen LogP contribution in [0.3, 0.4) is 0 Å². The van der Waals surface area contributed by atoms with E-state index in [1.807, 2.05) is 47.2 Å². The largest absolute Gasteiger partial charge is 0.481 e. The number of nitrogens with zero attached hydrogens (tertiary/aromatic N) is 6. The van der Waals surface area contributed by atoms with Gasteiger partial charge in [-0.1, -0.05) is 69.9 Å². The molecule has 0 aliphatic heterocycles. The second kappa shape index (κ2) is 12.4. The van der Waals surface area contributed by atoms with Crippen molar-refractivity contribution in [1.29, 1.82) is 0 Å². The van der Waals surface area contributed by atoms with Crippen LogP contribution in [0.5, 0.6) is 0 Å². The molecule has 1 aromatic carbocycles. The third-order valence-corrected chi connectivity index (χ3v) is 8.23. The molecule has 1 aliphatic rings. The van der Waals surface area contributed by atoms with Crippen molar-refractivity contribution in [3.63, 3.8) is 0 Å². The summed E-state index contributed by atoms with van der Waals surface area (Å²) in [6, 6.07) is 11.4. The van der Waals surface area contributed by atoms with E-state index in [9.17, 15) is 14.7 Å². The van der Waals surface area contributed by atoms with Gasteiger partial charge in [0.15, 0.2) is 0 Å². The smallest absolute Gasteiger partial charge is 0.328 e. The van der Waals surface area contributed by atoms with Crippen LogP contribution in [0.25, 0.3) is 22.6 Å². The van der Waals surface area contributed by atoms with Crippen LogP contribution in [0, 0.1) is 11.8 Å². The van der Waals surface area contributed by atoms with Crippen molar-refractivity contribution in [2.45, 2.75) is 77.8 Å². The Kier molecular flexibility index (Phi) is 8.52. The second-order valence-electron chi connectivity index (χ2n) is 10.7. The van der Waals surface area contributed by atoms with Crippen molar-refractivity contribution >= 4 is 5.97 Å². The van der Waals surface area contributed by atoms with Gasteiger partial charge in [-0.2, -0.15) is 5.21 Å². The lowest BCUT2D eigenvalue weighted by Gasteiger charge is -2.29. The van der Waals surface area contributed by atoms with E-state index < -0.39 is 11.9 Å². The molecule has 1 fully saturated rings. The summed E-state index contributed by atoms with van der Waals surface area (Å²) in [4.78, 5) is 31.0. The average Bonchev–Trinajstić information content (AvgIpc) is 3.55. The summed E-state index contributed by atoms with van der Waals surface area (Å²) in [7, 11) is 0. The highest BCUT2D eigenvalue weighted by atomic mass is 16.4. The first-order chi connectivity index (χ1) is 19.5. The SMILES string of the molecule is CCCCc1cn(C2C(CC)CCCCC2C(=O)O)c(=O)n1Cc1ccc(-c2ccccc2-c2nn[nH]n2)nc1. The monoisotopic (exact) mass is 543 g/mol. The molecule has 0 amide bonds. The van der Waals surface area contributed by atoms with E-state index >= 15 is 0 Å². The molecule has 3 unspecified atom stereocenters. The van der Waals surface area contributed by atoms with Gasteiger partial charge in [0.1, 0.15) is 0 Å². The molecule has 4 aromatic rings. The number of carboxylic acids is 1. The van der Waals surface area contributed by atoms with Gasteiger partial charge in [0.05, 0.1) is 24.2 Å². The molecule has 0 radical (unpaired) electrons. The quantitative estimate of drug-likeness (QED) is 0.265. The average molecular weight is 544 g/mol. The highest BCUT2D eigenvalue weighted by Gasteiger charge is 2.38. The van der Waals surface area contributed by atoms with E-state index in [-0.39, 0.29) is 17.6 Å². The minimum absolute atomic E-state index is 0.130. The molecule has 0 spiro atoms. The molecule has 0 saturated heterocycles. The van der Waals surface area contributed by atoms with Crippen molar-refractivity contribution < 1.29 is 9.90 Å². The van der Waals surface area contributed by atoms with Crippen molar-refractivity contribution in [3.8, 4) is 22.6 Å². The van der Waals surface area contributed by atoms with Gasteiger partial charge in [0.2, 0.25) is 5.82 Å². The lowest BCUT2D eigenvalue weighted by atomic mass is 9.85. The van der Waals surface area contributed by atoms with Crippen LogP contribution in [0.4, 0.5) is 0 Å². The summed E-state index contributed by atoms with van der Waals surface area (Å²) in [6.07, 6.45) is 10.8. The molecule has 2 N–H and O–H groups in total. The van der Waals surface area contributed by atoms with E-state index in [0.29, 0.717) is 18.8 Å². The minimum atomic E-state index is -0.805. The zero-order chi connectivity index (χ0) is 28.1. The summed E-state index contributed by atoms with van der Waals surface area (Å²) in [6.45, 7) is 4.62. The predicted octanol–water partition coefficient (Wildman–Crippen LogP) is 5.12. The van der Waals surface area contributed by atoms with E-state index in [1.165, 1.54) is 0 Å². The Morgan fingerprint density at radius 3 is 2.58 bits per heavy atom. The van der Waals surface area contributed by atoms with Crippen molar-refractivity contribution in [3.05, 3.63) is 70.5 Å². The summed E-state index contributed by atoms with van der Waals surface area (Å²) in [5, 5.41) is 24.5. The first kappa shape index (κ1) is 27.5. The van der Waals surface area contributed by atoms with E-state index in [4.69, 9.17) is 4.98 Å². The topological polar surface area (TPSA) is 132 Å². The van der Waals surface area contributed by atoms with Crippen LogP contribution >= 0.6 is 0 Å². The van der Waals surface area contributed by atoms with Gasteiger partial charge >= 0.3 is 11.7 Å². The number of aromatic nitrogens is 7. The third kappa shape index (κ3) is 5.61. The number of imidazole rings is 1. The van der Waals surface area contributed by atoms with Gasteiger partial charge in [-0.05, 0) is 48.4 Å². The maximum atomic E-state index is 14.0. The van der Waals surface area contributed by atoms with E-state index in [2.05, 4.69) is 34.5 Å². The van der Waals surface area contributed by atoms with Crippen molar-refractivity contribution in [2.75, 3.05) is 0 Å². The Hall–Kier alpha value is -4.08. The number of unbranched alkanes of at least 4 members (excludes halogenated alkanes) is 1. The molecule has 10 nitrogen and oxygen atoms in total. The van der Waals surface area contributed by atoms with Crippen LogP contribution in [-0.2, 0) is 17.8 Å². The molecule has 1 saturated carbocycles. The Balaban J connectivity index is 1.48. The highest BCUT2D eigenvalue weighted by Crippen LogP contribution is 2.39. The molecule has 1 aliphatic carbocycles.